The maximum atomic E-state index is 9.38. The third-order valence-corrected chi connectivity index (χ3v) is 4.99. The Labute approximate surface area is 120 Å². The van der Waals surface area contributed by atoms with E-state index in [4.69, 9.17) is 0 Å². The molecule has 0 aromatic rings. The van der Waals surface area contributed by atoms with E-state index < -0.39 is 6.29 Å². The molecule has 2 heteroatoms. The Balaban J connectivity index is 3.61. The van der Waals surface area contributed by atoms with Crippen LogP contribution in [0, 0.1) is 10.8 Å². The lowest BCUT2D eigenvalue weighted by Crippen LogP contribution is -2.31. The molecule has 0 rings (SSSR count). The van der Waals surface area contributed by atoms with Gasteiger partial charge in [0.2, 0.25) is 0 Å². The van der Waals surface area contributed by atoms with Crippen LogP contribution in [0.5, 0.6) is 0 Å². The summed E-state index contributed by atoms with van der Waals surface area (Å²) in [5.74, 6) is 0. The van der Waals surface area contributed by atoms with Gasteiger partial charge in [-0.05, 0) is 24.7 Å². The second-order valence-corrected chi connectivity index (χ2v) is 7.17. The van der Waals surface area contributed by atoms with Gasteiger partial charge in [-0.25, -0.2) is 0 Å². The minimum absolute atomic E-state index is 0.315. The van der Waals surface area contributed by atoms with Gasteiger partial charge in [0.15, 0.2) is 6.29 Å². The average molecular weight is 272 g/mol. The van der Waals surface area contributed by atoms with Crippen LogP contribution in [0.15, 0.2) is 0 Å². The van der Waals surface area contributed by atoms with Crippen molar-refractivity contribution in [2.45, 2.75) is 98.7 Å². The molecular weight excluding hydrogens is 236 g/mol. The molecule has 0 heterocycles. The van der Waals surface area contributed by atoms with Crippen molar-refractivity contribution >= 4 is 0 Å². The predicted molar refractivity (Wildman–Crippen MR) is 83.0 cm³/mol. The van der Waals surface area contributed by atoms with Gasteiger partial charge in [-0.2, -0.15) is 0 Å². The zero-order valence-electron chi connectivity index (χ0n) is 13.8. The molecule has 0 aromatic heterocycles. The molecule has 0 aromatic carbocycles. The van der Waals surface area contributed by atoms with Crippen molar-refractivity contribution in [1.29, 1.82) is 0 Å². The van der Waals surface area contributed by atoms with Crippen LogP contribution < -0.4 is 0 Å². The van der Waals surface area contributed by atoms with Crippen LogP contribution in [0.1, 0.15) is 92.4 Å². The average Bonchev–Trinajstić information content (AvgIpc) is 2.37. The Kier molecular flexibility index (Phi) is 8.93. The van der Waals surface area contributed by atoms with E-state index in [1.54, 1.807) is 0 Å². The van der Waals surface area contributed by atoms with Crippen LogP contribution in [-0.2, 0) is 0 Å². The normalized spacial score (nSPS) is 15.8. The first kappa shape index (κ1) is 18.9. The third-order valence-electron chi connectivity index (χ3n) is 4.99. The first-order chi connectivity index (χ1) is 8.77. The number of aliphatic hydroxyl groups excluding tert-OH is 1. The van der Waals surface area contributed by atoms with Gasteiger partial charge in [-0.1, -0.05) is 73.1 Å². The van der Waals surface area contributed by atoms with Gasteiger partial charge in [0.05, 0.1) is 0 Å². The van der Waals surface area contributed by atoms with Crippen molar-refractivity contribution in [3.63, 3.8) is 0 Å². The standard InChI is InChI=1S/C17H36O2/c1-6-16(3,4)13-11-9-8-10-12-14-17(5,7-2)15(18)19/h15,18-19H,6-14H2,1-5H3. The fourth-order valence-electron chi connectivity index (χ4n) is 2.33. The van der Waals surface area contributed by atoms with Crippen LogP contribution in [0.4, 0.5) is 0 Å². The van der Waals surface area contributed by atoms with Crippen LogP contribution in [0.25, 0.3) is 0 Å². The number of hydrogen-bond acceptors (Lipinski definition) is 2. The largest absolute Gasteiger partial charge is 0.368 e. The van der Waals surface area contributed by atoms with Crippen molar-refractivity contribution in [3.8, 4) is 0 Å². The molecule has 2 N–H and O–H groups in total. The van der Waals surface area contributed by atoms with Crippen molar-refractivity contribution in [2.75, 3.05) is 0 Å². The smallest absolute Gasteiger partial charge is 0.156 e. The molecule has 0 fully saturated rings. The Morgan fingerprint density at radius 1 is 0.737 bits per heavy atom. The summed E-state index contributed by atoms with van der Waals surface area (Å²) in [6, 6.07) is 0. The lowest BCUT2D eigenvalue weighted by Gasteiger charge is -2.30. The van der Waals surface area contributed by atoms with Gasteiger partial charge in [-0.15, -0.1) is 0 Å². The maximum absolute atomic E-state index is 9.38. The van der Waals surface area contributed by atoms with E-state index in [2.05, 4.69) is 20.8 Å². The second kappa shape index (κ2) is 8.97. The molecule has 0 saturated heterocycles. The molecule has 0 radical (unpaired) electrons. The summed E-state index contributed by atoms with van der Waals surface area (Å²) < 4.78 is 0. The summed E-state index contributed by atoms with van der Waals surface area (Å²) in [5.41, 5.74) is 0.186. The number of aliphatic hydroxyl groups is 2. The molecule has 0 amide bonds. The molecular formula is C17H36O2. The van der Waals surface area contributed by atoms with Gasteiger partial charge in [0.25, 0.3) is 0 Å². The Bertz CT molecular complexity index is 223. The monoisotopic (exact) mass is 272 g/mol. The van der Waals surface area contributed by atoms with Crippen LogP contribution in [-0.4, -0.2) is 16.5 Å². The van der Waals surface area contributed by atoms with Gasteiger partial charge in [-0.3, -0.25) is 0 Å². The summed E-state index contributed by atoms with van der Waals surface area (Å²) in [4.78, 5) is 0. The molecule has 0 aliphatic carbocycles. The Morgan fingerprint density at radius 3 is 1.63 bits per heavy atom. The highest BCUT2D eigenvalue weighted by Gasteiger charge is 2.28. The van der Waals surface area contributed by atoms with Gasteiger partial charge in [0.1, 0.15) is 0 Å². The number of unbranched alkanes of at least 4 members (excludes halogenated alkanes) is 4. The lowest BCUT2D eigenvalue weighted by molar-refractivity contribution is -0.133. The molecule has 19 heavy (non-hydrogen) atoms. The van der Waals surface area contributed by atoms with E-state index in [1.807, 2.05) is 13.8 Å². The summed E-state index contributed by atoms with van der Waals surface area (Å²) >= 11 is 0. The Morgan fingerprint density at radius 2 is 1.21 bits per heavy atom. The minimum Gasteiger partial charge on any atom is -0.368 e. The van der Waals surface area contributed by atoms with E-state index in [1.165, 1.54) is 38.5 Å². The SMILES string of the molecule is CCC(C)(C)CCCCCCCC(C)(CC)C(O)O. The van der Waals surface area contributed by atoms with E-state index in [9.17, 15) is 10.2 Å². The maximum Gasteiger partial charge on any atom is 0.156 e. The molecule has 1 unspecified atom stereocenters. The van der Waals surface area contributed by atoms with Crippen LogP contribution in [0.2, 0.25) is 0 Å². The van der Waals surface area contributed by atoms with E-state index in [0.717, 1.165) is 19.3 Å². The van der Waals surface area contributed by atoms with Crippen molar-refractivity contribution in [1.82, 2.24) is 0 Å². The molecule has 0 aliphatic heterocycles. The van der Waals surface area contributed by atoms with Gasteiger partial charge < -0.3 is 10.2 Å². The zero-order chi connectivity index (χ0) is 14.9. The van der Waals surface area contributed by atoms with E-state index in [-0.39, 0.29) is 5.41 Å². The molecule has 0 aliphatic rings. The number of rotatable bonds is 11. The summed E-state index contributed by atoms with van der Waals surface area (Å²) in [6.07, 6.45) is 9.40. The van der Waals surface area contributed by atoms with E-state index >= 15 is 0 Å². The highest BCUT2D eigenvalue weighted by Crippen LogP contribution is 2.32. The second-order valence-electron chi connectivity index (χ2n) is 7.17. The first-order valence-electron chi connectivity index (χ1n) is 8.13. The highest BCUT2D eigenvalue weighted by molar-refractivity contribution is 4.74. The molecule has 0 bridgehead atoms. The fourth-order valence-corrected chi connectivity index (χ4v) is 2.33. The van der Waals surface area contributed by atoms with Crippen molar-refractivity contribution in [2.24, 2.45) is 10.8 Å². The van der Waals surface area contributed by atoms with Crippen molar-refractivity contribution < 1.29 is 10.2 Å². The van der Waals surface area contributed by atoms with Gasteiger partial charge in [0, 0.05) is 5.41 Å². The van der Waals surface area contributed by atoms with Gasteiger partial charge >= 0.3 is 0 Å². The molecule has 1 atom stereocenters. The molecule has 116 valence electrons. The van der Waals surface area contributed by atoms with Crippen LogP contribution in [0.3, 0.4) is 0 Å². The Hall–Kier alpha value is -0.0800. The minimum atomic E-state index is -1.18. The molecule has 0 saturated carbocycles. The quantitative estimate of drug-likeness (QED) is 0.416. The predicted octanol–water partition coefficient (Wildman–Crippen LogP) is 4.88. The van der Waals surface area contributed by atoms with Crippen molar-refractivity contribution in [3.05, 3.63) is 0 Å². The lowest BCUT2D eigenvalue weighted by atomic mass is 9.81. The zero-order valence-corrected chi connectivity index (χ0v) is 13.8. The van der Waals surface area contributed by atoms with E-state index in [0.29, 0.717) is 5.41 Å². The highest BCUT2D eigenvalue weighted by atomic mass is 16.5. The first-order valence-corrected chi connectivity index (χ1v) is 8.13. The van der Waals surface area contributed by atoms with Crippen LogP contribution >= 0.6 is 0 Å². The fraction of sp³-hybridized carbons (Fsp3) is 1.00. The molecule has 2 nitrogen and oxygen atoms in total. The number of hydrogen-bond donors (Lipinski definition) is 2. The summed E-state index contributed by atoms with van der Waals surface area (Å²) in [7, 11) is 0. The summed E-state index contributed by atoms with van der Waals surface area (Å²) in [5, 5.41) is 18.8. The molecule has 0 spiro atoms. The third kappa shape index (κ3) is 7.94. The summed E-state index contributed by atoms with van der Waals surface area (Å²) in [6.45, 7) is 11.0. The topological polar surface area (TPSA) is 40.5 Å².